The Balaban J connectivity index is 1.56. The first-order chi connectivity index (χ1) is 13.4. The maximum atomic E-state index is 13.7. The summed E-state index contributed by atoms with van der Waals surface area (Å²) < 4.78 is 32.1. The molecule has 7 heteroatoms. The van der Waals surface area contributed by atoms with Crippen LogP contribution >= 0.6 is 0 Å². The first-order valence-corrected chi connectivity index (χ1v) is 9.05. The number of amides is 2. The minimum absolute atomic E-state index is 0.00431. The van der Waals surface area contributed by atoms with Crippen LogP contribution in [0.25, 0.3) is 0 Å². The SMILES string of the molecule is COc1ccc([C@@H]2CC(=O)N(CCNC(=O)c3cccc(F)c3F)C2)cc1C. The van der Waals surface area contributed by atoms with Crippen molar-refractivity contribution in [3.05, 3.63) is 64.7 Å². The number of ether oxygens (including phenoxy) is 1. The van der Waals surface area contributed by atoms with Crippen LogP contribution in [0.15, 0.2) is 36.4 Å². The highest BCUT2D eigenvalue weighted by atomic mass is 19.2. The molecule has 1 saturated heterocycles. The highest BCUT2D eigenvalue weighted by Gasteiger charge is 2.30. The lowest BCUT2D eigenvalue weighted by atomic mass is 9.96. The minimum Gasteiger partial charge on any atom is -0.496 e. The molecule has 0 radical (unpaired) electrons. The zero-order chi connectivity index (χ0) is 20.3. The van der Waals surface area contributed by atoms with Crippen LogP contribution in [0.5, 0.6) is 5.75 Å². The Morgan fingerprint density at radius 3 is 2.79 bits per heavy atom. The number of nitrogens with zero attached hydrogens (tertiary/aromatic N) is 1. The molecule has 1 heterocycles. The monoisotopic (exact) mass is 388 g/mol. The van der Waals surface area contributed by atoms with Crippen LogP contribution in [0, 0.1) is 18.6 Å². The van der Waals surface area contributed by atoms with Gasteiger partial charge in [0.2, 0.25) is 5.91 Å². The van der Waals surface area contributed by atoms with E-state index in [9.17, 15) is 18.4 Å². The van der Waals surface area contributed by atoms with Crippen LogP contribution in [-0.2, 0) is 4.79 Å². The van der Waals surface area contributed by atoms with Gasteiger partial charge in [-0.3, -0.25) is 9.59 Å². The first-order valence-electron chi connectivity index (χ1n) is 9.05. The van der Waals surface area contributed by atoms with Gasteiger partial charge in [0.05, 0.1) is 12.7 Å². The molecule has 0 aliphatic carbocycles. The van der Waals surface area contributed by atoms with E-state index in [0.29, 0.717) is 19.5 Å². The maximum absolute atomic E-state index is 13.7. The van der Waals surface area contributed by atoms with E-state index in [-0.39, 0.29) is 23.9 Å². The average Bonchev–Trinajstić information content (AvgIpc) is 3.04. The Labute approximate surface area is 162 Å². The van der Waals surface area contributed by atoms with E-state index in [1.54, 1.807) is 12.0 Å². The molecule has 1 aliphatic heterocycles. The molecule has 2 aromatic carbocycles. The van der Waals surface area contributed by atoms with Gasteiger partial charge in [0.15, 0.2) is 11.6 Å². The lowest BCUT2D eigenvalue weighted by Gasteiger charge is -2.17. The lowest BCUT2D eigenvalue weighted by Crippen LogP contribution is -2.36. The van der Waals surface area contributed by atoms with E-state index in [1.165, 1.54) is 12.1 Å². The van der Waals surface area contributed by atoms with Crippen molar-refractivity contribution in [3.8, 4) is 5.75 Å². The first kappa shape index (κ1) is 19.8. The number of likely N-dealkylation sites (tertiary alicyclic amines) is 1. The van der Waals surface area contributed by atoms with Gasteiger partial charge in [-0.05, 0) is 36.2 Å². The molecule has 0 aromatic heterocycles. The summed E-state index contributed by atoms with van der Waals surface area (Å²) in [6.45, 7) is 2.98. The minimum atomic E-state index is -1.17. The third-order valence-electron chi connectivity index (χ3n) is 4.97. The van der Waals surface area contributed by atoms with Gasteiger partial charge in [-0.15, -0.1) is 0 Å². The number of methoxy groups -OCH3 is 1. The van der Waals surface area contributed by atoms with E-state index >= 15 is 0 Å². The third kappa shape index (κ3) is 4.13. The van der Waals surface area contributed by atoms with Crippen LogP contribution in [0.1, 0.15) is 33.8 Å². The van der Waals surface area contributed by atoms with E-state index in [4.69, 9.17) is 4.74 Å². The summed E-state index contributed by atoms with van der Waals surface area (Å²) in [7, 11) is 1.62. The van der Waals surface area contributed by atoms with Gasteiger partial charge < -0.3 is 15.0 Å². The highest BCUT2D eigenvalue weighted by Crippen LogP contribution is 2.30. The Morgan fingerprint density at radius 1 is 1.29 bits per heavy atom. The zero-order valence-electron chi connectivity index (χ0n) is 15.8. The van der Waals surface area contributed by atoms with Crippen molar-refractivity contribution in [2.75, 3.05) is 26.7 Å². The molecule has 2 amide bonds. The second-order valence-electron chi connectivity index (χ2n) is 6.83. The number of hydrogen-bond acceptors (Lipinski definition) is 3. The van der Waals surface area contributed by atoms with Gasteiger partial charge in [0.1, 0.15) is 5.75 Å². The molecule has 2 aromatic rings. The second kappa shape index (κ2) is 8.37. The number of aryl methyl sites for hydroxylation is 1. The van der Waals surface area contributed by atoms with Crippen LogP contribution in [-0.4, -0.2) is 43.5 Å². The Morgan fingerprint density at radius 2 is 2.07 bits per heavy atom. The summed E-state index contributed by atoms with van der Waals surface area (Å²) in [5.74, 6) is -2.06. The predicted octanol–water partition coefficient (Wildman–Crippen LogP) is 3.03. The molecule has 0 saturated carbocycles. The fraction of sp³-hybridized carbons (Fsp3) is 0.333. The standard InChI is InChI=1S/C21H22F2N2O3/c1-13-10-14(6-7-18(13)28-2)15-11-19(26)25(12-15)9-8-24-21(27)16-4-3-5-17(22)20(16)23/h3-7,10,15H,8-9,11-12H2,1-2H3,(H,24,27)/t15-/m1/s1. The second-order valence-corrected chi connectivity index (χ2v) is 6.83. The van der Waals surface area contributed by atoms with Gasteiger partial charge in [-0.1, -0.05) is 18.2 Å². The molecule has 1 atom stereocenters. The van der Waals surface area contributed by atoms with E-state index in [1.807, 2.05) is 25.1 Å². The highest BCUT2D eigenvalue weighted by molar-refractivity contribution is 5.94. The van der Waals surface area contributed by atoms with Gasteiger partial charge in [-0.25, -0.2) is 8.78 Å². The number of nitrogens with one attached hydrogen (secondary N) is 1. The Kier molecular flexibility index (Phi) is 5.92. The van der Waals surface area contributed by atoms with E-state index < -0.39 is 17.5 Å². The van der Waals surface area contributed by atoms with Crippen LogP contribution in [0.3, 0.4) is 0 Å². The average molecular weight is 388 g/mol. The quantitative estimate of drug-likeness (QED) is 0.828. The van der Waals surface area contributed by atoms with Crippen molar-refractivity contribution in [1.82, 2.24) is 10.2 Å². The van der Waals surface area contributed by atoms with Crippen molar-refractivity contribution in [1.29, 1.82) is 0 Å². The fourth-order valence-corrected chi connectivity index (χ4v) is 3.45. The predicted molar refractivity (Wildman–Crippen MR) is 100 cm³/mol. The van der Waals surface area contributed by atoms with Gasteiger partial charge in [-0.2, -0.15) is 0 Å². The molecular formula is C21H22F2N2O3. The zero-order valence-corrected chi connectivity index (χ0v) is 15.8. The molecule has 1 aliphatic rings. The number of hydrogen-bond donors (Lipinski definition) is 1. The molecular weight excluding hydrogens is 366 g/mol. The largest absolute Gasteiger partial charge is 0.496 e. The Hall–Kier alpha value is -2.96. The summed E-state index contributed by atoms with van der Waals surface area (Å²) >= 11 is 0. The van der Waals surface area contributed by atoms with E-state index in [0.717, 1.165) is 22.9 Å². The fourth-order valence-electron chi connectivity index (χ4n) is 3.45. The molecule has 1 fully saturated rings. The summed E-state index contributed by atoms with van der Waals surface area (Å²) in [6, 6.07) is 9.33. The van der Waals surface area contributed by atoms with Crippen molar-refractivity contribution < 1.29 is 23.1 Å². The van der Waals surface area contributed by atoms with Crippen molar-refractivity contribution in [2.45, 2.75) is 19.3 Å². The number of carbonyl (C=O) groups excluding carboxylic acids is 2. The van der Waals surface area contributed by atoms with Gasteiger partial charge >= 0.3 is 0 Å². The molecule has 5 nitrogen and oxygen atoms in total. The number of carbonyl (C=O) groups is 2. The summed E-state index contributed by atoms with van der Waals surface area (Å²) in [5, 5.41) is 2.54. The number of halogens is 2. The molecule has 0 unspecified atom stereocenters. The maximum Gasteiger partial charge on any atom is 0.254 e. The van der Waals surface area contributed by atoms with Crippen molar-refractivity contribution >= 4 is 11.8 Å². The molecule has 0 spiro atoms. The summed E-state index contributed by atoms with van der Waals surface area (Å²) in [6.07, 6.45) is 0.401. The molecule has 3 rings (SSSR count). The van der Waals surface area contributed by atoms with Crippen molar-refractivity contribution in [2.24, 2.45) is 0 Å². The molecule has 148 valence electrons. The molecule has 0 bridgehead atoms. The van der Waals surface area contributed by atoms with Gasteiger partial charge in [0.25, 0.3) is 5.91 Å². The van der Waals surface area contributed by atoms with Crippen molar-refractivity contribution in [3.63, 3.8) is 0 Å². The molecule has 1 N–H and O–H groups in total. The third-order valence-corrected chi connectivity index (χ3v) is 4.97. The topological polar surface area (TPSA) is 58.6 Å². The summed E-state index contributed by atoms with van der Waals surface area (Å²) in [5.41, 5.74) is 1.73. The Bertz CT molecular complexity index is 901. The summed E-state index contributed by atoms with van der Waals surface area (Å²) in [4.78, 5) is 26.0. The van der Waals surface area contributed by atoms with Crippen LogP contribution in [0.4, 0.5) is 8.78 Å². The lowest BCUT2D eigenvalue weighted by molar-refractivity contribution is -0.127. The normalized spacial score (nSPS) is 16.4. The number of rotatable bonds is 6. The van der Waals surface area contributed by atoms with Crippen LogP contribution in [0.2, 0.25) is 0 Å². The smallest absolute Gasteiger partial charge is 0.254 e. The number of benzene rings is 2. The van der Waals surface area contributed by atoms with E-state index in [2.05, 4.69) is 5.32 Å². The molecule has 28 heavy (non-hydrogen) atoms. The van der Waals surface area contributed by atoms with Gasteiger partial charge in [0, 0.05) is 32.0 Å². The van der Waals surface area contributed by atoms with Crippen LogP contribution < -0.4 is 10.1 Å².